The fourth-order valence-electron chi connectivity index (χ4n) is 2.79. The van der Waals surface area contributed by atoms with Gasteiger partial charge in [-0.15, -0.1) is 0 Å². The fourth-order valence-corrected chi connectivity index (χ4v) is 3.54. The Morgan fingerprint density at radius 1 is 1.04 bits per heavy atom. The highest BCUT2D eigenvalue weighted by molar-refractivity contribution is 7.86. The largest absolute Gasteiger partial charge is 0.497 e. The van der Waals surface area contributed by atoms with Crippen molar-refractivity contribution in [2.24, 2.45) is 5.16 Å². The number of rotatable bonds is 4. The van der Waals surface area contributed by atoms with Gasteiger partial charge in [-0.05, 0) is 43.7 Å². The van der Waals surface area contributed by atoms with Crippen LogP contribution in [0.1, 0.15) is 29.8 Å². The zero-order chi connectivity index (χ0) is 18.2. The third-order valence-corrected chi connectivity index (χ3v) is 5.33. The van der Waals surface area contributed by atoms with Gasteiger partial charge in [0.15, 0.2) is 0 Å². The van der Waals surface area contributed by atoms with Gasteiger partial charge in [-0.1, -0.05) is 29.4 Å². The standard InChI is InChI=1S/C18H17NO5S/c1-18(2)15-10-9-12(23-3)11-14(15)16(20)17(18)19-24-25(21,22)13-7-5-4-6-8-13/h4-11H,1-3H3/b19-17+. The lowest BCUT2D eigenvalue weighted by molar-refractivity contribution is 0.106. The van der Waals surface area contributed by atoms with E-state index in [0.29, 0.717) is 11.3 Å². The molecule has 2 aromatic rings. The minimum Gasteiger partial charge on any atom is -0.497 e. The van der Waals surface area contributed by atoms with E-state index in [0.717, 1.165) is 5.56 Å². The quantitative estimate of drug-likeness (QED) is 0.784. The Kier molecular flexibility index (Phi) is 4.12. The van der Waals surface area contributed by atoms with Crippen LogP contribution in [0.2, 0.25) is 0 Å². The first kappa shape index (κ1) is 17.2. The molecule has 0 N–H and O–H groups in total. The molecule has 1 aliphatic carbocycles. The number of fused-ring (bicyclic) bond motifs is 1. The van der Waals surface area contributed by atoms with Crippen molar-refractivity contribution in [3.05, 3.63) is 59.7 Å². The highest BCUT2D eigenvalue weighted by Gasteiger charge is 2.44. The van der Waals surface area contributed by atoms with Crippen molar-refractivity contribution < 1.29 is 22.2 Å². The SMILES string of the molecule is COc1ccc2c(c1)C(=O)/C(=N\OS(=O)(=O)c1ccccc1)C2(C)C. The molecule has 0 bridgehead atoms. The second kappa shape index (κ2) is 6.00. The molecule has 130 valence electrons. The first-order valence-corrected chi connectivity index (χ1v) is 8.98. The van der Waals surface area contributed by atoms with E-state index in [1.165, 1.54) is 19.2 Å². The van der Waals surface area contributed by atoms with Crippen molar-refractivity contribution in [1.29, 1.82) is 0 Å². The number of oxime groups is 1. The molecule has 0 fully saturated rings. The number of hydrogen-bond donors (Lipinski definition) is 0. The smallest absolute Gasteiger partial charge is 0.358 e. The number of Topliss-reactive ketones (excluding diaryl/α,β-unsaturated/α-hetero) is 1. The number of nitrogens with zero attached hydrogens (tertiary/aromatic N) is 1. The molecule has 3 rings (SSSR count). The van der Waals surface area contributed by atoms with E-state index >= 15 is 0 Å². The number of benzene rings is 2. The summed E-state index contributed by atoms with van der Waals surface area (Å²) in [7, 11) is -2.58. The van der Waals surface area contributed by atoms with Gasteiger partial charge in [0, 0.05) is 11.0 Å². The molecule has 0 spiro atoms. The number of methoxy groups -OCH3 is 1. The van der Waals surface area contributed by atoms with Gasteiger partial charge in [-0.25, -0.2) is 0 Å². The lowest BCUT2D eigenvalue weighted by Gasteiger charge is -2.18. The van der Waals surface area contributed by atoms with Crippen molar-refractivity contribution in [3.63, 3.8) is 0 Å². The summed E-state index contributed by atoms with van der Waals surface area (Å²) in [6, 6.07) is 12.8. The van der Waals surface area contributed by atoms with Crippen LogP contribution in [0.5, 0.6) is 5.75 Å². The Balaban J connectivity index is 1.98. The second-order valence-corrected chi connectivity index (χ2v) is 7.68. The molecular weight excluding hydrogens is 342 g/mol. The van der Waals surface area contributed by atoms with E-state index in [9.17, 15) is 13.2 Å². The maximum absolute atomic E-state index is 12.7. The van der Waals surface area contributed by atoms with E-state index in [4.69, 9.17) is 9.02 Å². The van der Waals surface area contributed by atoms with Crippen LogP contribution in [-0.2, 0) is 19.8 Å². The van der Waals surface area contributed by atoms with E-state index in [-0.39, 0.29) is 16.4 Å². The second-order valence-electron chi connectivity index (χ2n) is 6.15. The molecule has 0 aromatic heterocycles. The zero-order valence-electron chi connectivity index (χ0n) is 14.0. The predicted molar refractivity (Wildman–Crippen MR) is 92.5 cm³/mol. The molecule has 7 heteroatoms. The number of hydrogen-bond acceptors (Lipinski definition) is 6. The Morgan fingerprint density at radius 3 is 2.36 bits per heavy atom. The third kappa shape index (κ3) is 2.91. The summed E-state index contributed by atoms with van der Waals surface area (Å²) >= 11 is 0. The maximum atomic E-state index is 12.7. The Labute approximate surface area is 146 Å². The Bertz CT molecular complexity index is 962. The lowest BCUT2D eigenvalue weighted by Crippen LogP contribution is -2.28. The average molecular weight is 359 g/mol. The molecule has 1 aliphatic rings. The summed E-state index contributed by atoms with van der Waals surface area (Å²) in [5.74, 6) is 0.170. The molecule has 0 radical (unpaired) electrons. The van der Waals surface area contributed by atoms with Crippen molar-refractivity contribution in [2.45, 2.75) is 24.2 Å². The average Bonchev–Trinajstić information content (AvgIpc) is 2.79. The first-order valence-electron chi connectivity index (χ1n) is 7.58. The summed E-state index contributed by atoms with van der Waals surface area (Å²) in [6.07, 6.45) is 0. The molecule has 0 saturated heterocycles. The molecule has 0 aliphatic heterocycles. The van der Waals surface area contributed by atoms with Crippen LogP contribution in [-0.4, -0.2) is 27.0 Å². The van der Waals surface area contributed by atoms with Crippen LogP contribution in [0.3, 0.4) is 0 Å². The number of carbonyl (C=O) groups is 1. The van der Waals surface area contributed by atoms with Crippen LogP contribution in [0.4, 0.5) is 0 Å². The summed E-state index contributed by atoms with van der Waals surface area (Å²) < 4.78 is 34.4. The Hall–Kier alpha value is -2.67. The normalized spacial score (nSPS) is 17.4. The van der Waals surface area contributed by atoms with E-state index in [2.05, 4.69) is 5.16 Å². The van der Waals surface area contributed by atoms with Crippen molar-refractivity contribution in [3.8, 4) is 5.75 Å². The van der Waals surface area contributed by atoms with Crippen molar-refractivity contribution in [2.75, 3.05) is 7.11 Å². The highest BCUT2D eigenvalue weighted by Crippen LogP contribution is 2.38. The molecule has 6 nitrogen and oxygen atoms in total. The minimum atomic E-state index is -4.09. The van der Waals surface area contributed by atoms with Crippen LogP contribution in [0.25, 0.3) is 0 Å². The van der Waals surface area contributed by atoms with Gasteiger partial charge in [-0.3, -0.25) is 9.08 Å². The topological polar surface area (TPSA) is 82.0 Å². The van der Waals surface area contributed by atoms with Crippen molar-refractivity contribution in [1.82, 2.24) is 0 Å². The predicted octanol–water partition coefficient (Wildman–Crippen LogP) is 2.93. The molecule has 0 atom stereocenters. The van der Waals surface area contributed by atoms with Crippen LogP contribution >= 0.6 is 0 Å². The highest BCUT2D eigenvalue weighted by atomic mass is 32.2. The van der Waals surface area contributed by atoms with Gasteiger partial charge in [-0.2, -0.15) is 8.42 Å². The molecule has 0 saturated carbocycles. The monoisotopic (exact) mass is 359 g/mol. The molecular formula is C18H17NO5S. The van der Waals surface area contributed by atoms with Gasteiger partial charge >= 0.3 is 10.1 Å². The van der Waals surface area contributed by atoms with Gasteiger partial charge < -0.3 is 4.74 Å². The minimum absolute atomic E-state index is 0.0261. The maximum Gasteiger partial charge on any atom is 0.358 e. The summed E-state index contributed by atoms with van der Waals surface area (Å²) in [6.45, 7) is 3.58. The summed E-state index contributed by atoms with van der Waals surface area (Å²) in [4.78, 5) is 12.6. The van der Waals surface area contributed by atoms with Gasteiger partial charge in [0.2, 0.25) is 5.78 Å². The van der Waals surface area contributed by atoms with E-state index < -0.39 is 15.5 Å². The molecule has 0 heterocycles. The Morgan fingerprint density at radius 2 is 1.72 bits per heavy atom. The summed E-state index contributed by atoms with van der Waals surface area (Å²) in [5, 5.41) is 3.71. The molecule has 2 aromatic carbocycles. The molecule has 0 unspecified atom stereocenters. The van der Waals surface area contributed by atoms with Crippen LogP contribution < -0.4 is 4.74 Å². The lowest BCUT2D eigenvalue weighted by atomic mass is 9.85. The number of carbonyl (C=O) groups excluding carboxylic acids is 1. The molecule has 0 amide bonds. The van der Waals surface area contributed by atoms with Gasteiger partial charge in [0.05, 0.1) is 7.11 Å². The zero-order valence-corrected chi connectivity index (χ0v) is 14.8. The first-order chi connectivity index (χ1) is 11.8. The van der Waals surface area contributed by atoms with Crippen LogP contribution in [0, 0.1) is 0 Å². The summed E-state index contributed by atoms with van der Waals surface area (Å²) in [5.41, 5.74) is 0.446. The van der Waals surface area contributed by atoms with E-state index in [1.807, 2.05) is 0 Å². The van der Waals surface area contributed by atoms with Gasteiger partial charge in [0.25, 0.3) is 0 Å². The van der Waals surface area contributed by atoms with Gasteiger partial charge in [0.1, 0.15) is 16.4 Å². The van der Waals surface area contributed by atoms with E-state index in [1.54, 1.807) is 50.2 Å². The third-order valence-electron chi connectivity index (χ3n) is 4.21. The van der Waals surface area contributed by atoms with Crippen molar-refractivity contribution >= 4 is 21.6 Å². The number of ether oxygens (including phenoxy) is 1. The fraction of sp³-hybridized carbons (Fsp3) is 0.222. The van der Waals surface area contributed by atoms with Crippen LogP contribution in [0.15, 0.2) is 58.6 Å². The number of ketones is 1. The molecule has 25 heavy (non-hydrogen) atoms.